The lowest BCUT2D eigenvalue weighted by Gasteiger charge is -2.22. The second kappa shape index (κ2) is 75.4. The third-order valence-corrected chi connectivity index (χ3v) is 21.2. The Kier molecular flexibility index (Phi) is 68.5. The number of aromatic hydroxyl groups is 1. The minimum absolute atomic E-state index is 0.131. The van der Waals surface area contributed by atoms with Crippen LogP contribution in [-0.2, 0) is 26.9 Å². The number of aromatic amines is 8. The largest absolute Gasteiger partial charge is 0.502 e. The molecule has 828 valence electrons. The first-order valence-corrected chi connectivity index (χ1v) is 49.4. The van der Waals surface area contributed by atoms with E-state index in [-0.39, 0.29) is 34.7 Å². The summed E-state index contributed by atoms with van der Waals surface area (Å²) in [5.74, 6) is 4.59. The maximum Gasteiger partial charge on any atom is 0.342 e. The fraction of sp³-hybridized carbons (Fsp3) is 0.762. The fourth-order valence-electron chi connectivity index (χ4n) is 12.2. The van der Waals surface area contributed by atoms with Crippen LogP contribution in [-0.4, -0.2) is 564 Å². The SMILES string of the molecule is CN(C)CCCN(C)C(=O)NCc1nn[nH]n1.CN(C)CCCN(C)C1=NS(=O)ON1.CN(C)CCCN(C)C1NC(=O)NC1=O.CN(C)CCCN(C)CNc1nn[nH]n1.CN(C)CCCN(C)c1c(O)c(=O)c1=O.CN(C)CCCN(C)c1n[nH]c(=O)[nH]1.CN(C)CCCN(C)c1nc(=S)[nH][nH]1.CN(C)CCCN(C)c1nc(=S)o[nH]1.CN(C)CCCN(C)c1ncno1.Cc1nc(N(C)CCCN(C)C)n[nH]1. The van der Waals surface area contributed by atoms with Crippen molar-refractivity contribution in [3.05, 3.63) is 58.5 Å². The van der Waals surface area contributed by atoms with Gasteiger partial charge in [-0.15, -0.1) is 29.9 Å². The number of H-pyrrole nitrogens is 8. The molecule has 1 aromatic carbocycles. The number of nitrogens with zero attached hydrogens (tertiary/aromatic N) is 34. The van der Waals surface area contributed by atoms with Crippen LogP contribution in [0.15, 0.2) is 34.2 Å². The van der Waals surface area contributed by atoms with E-state index in [9.17, 15) is 38.1 Å². The van der Waals surface area contributed by atoms with E-state index in [4.69, 9.17) is 33.5 Å². The number of urea groups is 2. The molecule has 2 aliphatic rings. The van der Waals surface area contributed by atoms with E-state index in [1.165, 1.54) is 6.33 Å². The predicted molar refractivity (Wildman–Crippen MR) is 574 cm³/mol. The number of anilines is 7. The topological polar surface area (TPSA) is 606 Å². The lowest BCUT2D eigenvalue weighted by Crippen LogP contribution is -2.45. The quantitative estimate of drug-likeness (QED) is 0.00933. The molecule has 1 fully saturated rings. The summed E-state index contributed by atoms with van der Waals surface area (Å²) in [5.41, 5.74) is 1.04. The number of aromatic nitrogens is 21. The van der Waals surface area contributed by atoms with E-state index >= 15 is 0 Å². The first-order chi connectivity index (χ1) is 68.4. The summed E-state index contributed by atoms with van der Waals surface area (Å²) in [5, 5.41) is 71.4. The average Bonchev–Trinajstić information content (AvgIpc) is 1.68. The van der Waals surface area contributed by atoms with E-state index in [0.29, 0.717) is 47.0 Å². The van der Waals surface area contributed by atoms with Gasteiger partial charge in [-0.25, -0.2) is 29.2 Å². The summed E-state index contributed by atoms with van der Waals surface area (Å²) in [4.78, 5) is 126. The zero-order chi connectivity index (χ0) is 109. The molecule has 0 spiro atoms. The molecule has 0 saturated carbocycles. The van der Waals surface area contributed by atoms with Gasteiger partial charge in [0.25, 0.3) is 22.7 Å². The summed E-state index contributed by atoms with van der Waals surface area (Å²) < 4.78 is 29.3. The monoisotopic (exact) mass is 2110 g/mol. The highest BCUT2D eigenvalue weighted by molar-refractivity contribution is 7.79. The van der Waals surface area contributed by atoms with Crippen molar-refractivity contribution in [2.45, 2.75) is 83.8 Å². The Morgan fingerprint density at radius 2 is 0.945 bits per heavy atom. The zero-order valence-electron chi connectivity index (χ0n) is 91.7. The molecule has 1 saturated heterocycles. The van der Waals surface area contributed by atoms with Gasteiger partial charge in [-0.2, -0.15) is 39.8 Å². The van der Waals surface area contributed by atoms with Crippen molar-refractivity contribution in [1.29, 1.82) is 0 Å². The average molecular weight is 2110 g/mol. The van der Waals surface area contributed by atoms with Crippen molar-refractivity contribution >= 4 is 101 Å². The molecule has 8 aromatic rings. The molecular formula is C84H173N47O11S3. The summed E-state index contributed by atoms with van der Waals surface area (Å²) in [6.45, 7) is 21.9. The molecule has 0 aliphatic carbocycles. The van der Waals surface area contributed by atoms with Crippen LogP contribution in [0.5, 0.6) is 5.75 Å². The van der Waals surface area contributed by atoms with Crippen LogP contribution >= 0.6 is 24.4 Å². The number of carbonyl (C=O) groups excluding carboxylic acids is 3. The molecule has 0 bridgehead atoms. The summed E-state index contributed by atoms with van der Waals surface area (Å²) in [6.07, 6.45) is 11.3. The standard InChI is InChI=1S/C10H16N2O3.C9H19N7O.C9H19N5.C9H18N4O2.C8H19N7.C8H17N5O.C8H17N5S.C8H16N4OS.C8H16N4O.C7H16N4O2S/c1-11(2)5-4-6-12(3)7-8(13)10(15)9(7)14;1-15(2)5-4-6-16(3)9(17)10-7-8-11-13-14-12-8;1-8-10-9(12-11-8)14(4)7-5-6-13(2)3;1-12(2)5-4-6-13(3)7-8(14)11-9(15)10-7;1-14(2)5-4-6-15(3)7-9-8-10-12-13-11-8;2*1-12(2)5-4-6-13(3)7-9-8(14)11-10-7;1-11(2)5-4-6-12(3)7-9-8(14)13-10-7;1-11(2)5-4-6-12(3)8-9-7-10-13-8;1-10(2)5-4-6-11(3)7-8-13-14(12)9-7/h13H,4-6H2,1-3H3;4-7H2,1-3H3,(H,10,17)(H,11,12,13,14);5-7H2,1-4H3,(H,10,11,12);7H,4-6H2,1-3H3,(H2,10,11,14,15);4-7H2,1-3H3,(H2,9,10,11,12,13);2*4-6H2,1-3H3,(H2,9,10,11,14);4-6H2,1-3H3,(H,9,10,14);7H,4-6H2,1-3H3;4-6H2,1-3H3,(H,8,9). The molecule has 2 atom stereocenters. The highest BCUT2D eigenvalue weighted by Crippen LogP contribution is 2.19. The number of guanidine groups is 1. The van der Waals surface area contributed by atoms with Gasteiger partial charge in [0.15, 0.2) is 24.1 Å². The molecule has 145 heavy (non-hydrogen) atoms. The third kappa shape index (κ3) is 63.6. The van der Waals surface area contributed by atoms with Crippen LogP contribution in [0, 0.1) is 16.5 Å². The van der Waals surface area contributed by atoms with Crippen LogP contribution in [0.4, 0.5) is 51.0 Å². The van der Waals surface area contributed by atoms with Crippen molar-refractivity contribution in [2.75, 3.05) is 384 Å². The van der Waals surface area contributed by atoms with Gasteiger partial charge in [0.2, 0.25) is 34.5 Å². The Bertz CT molecular complexity index is 4760. The van der Waals surface area contributed by atoms with E-state index < -0.39 is 40.1 Å². The maximum absolute atomic E-state index is 11.6. The van der Waals surface area contributed by atoms with Gasteiger partial charge in [-0.3, -0.25) is 49.8 Å². The third-order valence-electron chi connectivity index (χ3n) is 20.3. The highest BCUT2D eigenvalue weighted by atomic mass is 32.2. The lowest BCUT2D eigenvalue weighted by atomic mass is 10.2. The minimum Gasteiger partial charge on any atom is -0.502 e. The van der Waals surface area contributed by atoms with Gasteiger partial charge in [0, 0.05) is 122 Å². The molecule has 0 radical (unpaired) electrons. The summed E-state index contributed by atoms with van der Waals surface area (Å²) >= 11 is 8.07. The molecular weight excluding hydrogens is 1940 g/mol. The fourth-order valence-corrected chi connectivity index (χ4v) is 13.0. The minimum atomic E-state index is -1.56. The Balaban J connectivity index is 0.000000806. The molecule has 7 aromatic heterocycles. The highest BCUT2D eigenvalue weighted by Gasteiger charge is 2.32. The maximum atomic E-state index is 11.6. The molecule has 9 heterocycles. The van der Waals surface area contributed by atoms with Gasteiger partial charge in [-0.1, -0.05) is 15.5 Å². The molecule has 2 unspecified atom stereocenters. The van der Waals surface area contributed by atoms with Crippen molar-refractivity contribution < 1.29 is 37.0 Å². The number of rotatable bonds is 52. The smallest absolute Gasteiger partial charge is 0.342 e. The summed E-state index contributed by atoms with van der Waals surface area (Å²) in [7, 11) is 59.9. The number of likely N-dealkylation sites (N-methyl/N-ethyl adjacent to an activating group) is 1. The molecule has 14 N–H and O–H groups in total. The Labute approximate surface area is 867 Å². The number of amides is 5. The van der Waals surface area contributed by atoms with Crippen molar-refractivity contribution in [3.63, 3.8) is 0 Å². The van der Waals surface area contributed by atoms with Crippen LogP contribution in [0.1, 0.15) is 75.9 Å². The van der Waals surface area contributed by atoms with E-state index in [2.05, 4.69) is 279 Å². The van der Waals surface area contributed by atoms with Crippen LogP contribution in [0.25, 0.3) is 0 Å². The number of hydroxylamine groups is 1. The molecule has 2 aliphatic heterocycles. The molecule has 5 amide bonds. The number of hydrogen-bond donors (Lipinski definition) is 14. The van der Waals surface area contributed by atoms with Gasteiger partial charge in [0.1, 0.15) is 11.5 Å². The number of imide groups is 1. The summed E-state index contributed by atoms with van der Waals surface area (Å²) in [6, 6.07) is 0.0387. The van der Waals surface area contributed by atoms with Gasteiger partial charge >= 0.3 is 39.9 Å². The second-order valence-electron chi connectivity index (χ2n) is 36.9. The van der Waals surface area contributed by atoms with E-state index in [0.717, 1.165) is 213 Å². The van der Waals surface area contributed by atoms with E-state index in [1.54, 1.807) is 23.9 Å². The first kappa shape index (κ1) is 132. The first-order valence-electron chi connectivity index (χ1n) is 47.5. The van der Waals surface area contributed by atoms with Crippen molar-refractivity contribution in [1.82, 2.24) is 197 Å². The predicted octanol–water partition coefficient (Wildman–Crippen LogP) is -1.08. The zero-order valence-corrected chi connectivity index (χ0v) is 94.2. The van der Waals surface area contributed by atoms with E-state index in [1.807, 2.05) is 156 Å². The number of tetrazole rings is 2. The Hall–Kier alpha value is -11.3. The van der Waals surface area contributed by atoms with Gasteiger partial charge in [-0.05, 0) is 321 Å². The molecule has 58 nitrogen and oxygen atoms in total. The van der Waals surface area contributed by atoms with Crippen LogP contribution < -0.4 is 72.7 Å². The van der Waals surface area contributed by atoms with Gasteiger partial charge in [0.05, 0.1) is 13.2 Å². The van der Waals surface area contributed by atoms with Crippen molar-refractivity contribution in [2.24, 2.45) is 4.40 Å². The number of nitrogens with one attached hydrogen (secondary N) is 13. The van der Waals surface area contributed by atoms with Crippen LogP contribution in [0.3, 0.4) is 0 Å². The van der Waals surface area contributed by atoms with Crippen LogP contribution in [0.2, 0.25) is 0 Å². The van der Waals surface area contributed by atoms with Crippen molar-refractivity contribution in [3.8, 4) is 5.75 Å². The lowest BCUT2D eigenvalue weighted by molar-refractivity contribution is -0.123. The van der Waals surface area contributed by atoms with Gasteiger partial charge < -0.3 is 118 Å². The molecule has 61 heteroatoms. The number of aryl methyl sites for hydroxylation is 1. The normalized spacial score (nSPS) is 12.9. The Morgan fingerprint density at radius 1 is 0.483 bits per heavy atom. The Morgan fingerprint density at radius 3 is 1.34 bits per heavy atom. The number of carbonyl (C=O) groups is 3. The molecule has 10 rings (SSSR count). The number of hydrogen-bond acceptors (Lipinski definition) is 47. The second-order valence-corrected chi connectivity index (χ2v) is 38.5.